The summed E-state index contributed by atoms with van der Waals surface area (Å²) in [5.41, 5.74) is 5.31. The van der Waals surface area contributed by atoms with Gasteiger partial charge in [0, 0.05) is 16.8 Å². The Bertz CT molecular complexity index is 475. The molecule has 0 aliphatic rings. The van der Waals surface area contributed by atoms with Crippen LogP contribution < -0.4 is 16.4 Å². The summed E-state index contributed by atoms with van der Waals surface area (Å²) in [6.07, 6.45) is 0. The van der Waals surface area contributed by atoms with Gasteiger partial charge in [-0.15, -0.1) is 0 Å². The second-order valence-corrected chi connectivity index (χ2v) is 5.25. The van der Waals surface area contributed by atoms with E-state index in [-0.39, 0.29) is 29.2 Å². The predicted molar refractivity (Wildman–Crippen MR) is 71.0 cm³/mol. The van der Waals surface area contributed by atoms with E-state index in [1.807, 2.05) is 20.8 Å². The second-order valence-electron chi connectivity index (χ2n) is 5.25. The van der Waals surface area contributed by atoms with E-state index in [1.165, 1.54) is 6.07 Å². The molecule has 0 spiro atoms. The fraction of sp³-hybridized carbons (Fsp3) is 0.385. The number of hydrogen-bond donors (Lipinski definition) is 3. The van der Waals surface area contributed by atoms with Gasteiger partial charge in [-0.2, -0.15) is 0 Å². The Kier molecular flexibility index (Phi) is 4.47. The van der Waals surface area contributed by atoms with Crippen molar-refractivity contribution in [3.05, 3.63) is 29.6 Å². The van der Waals surface area contributed by atoms with E-state index in [0.29, 0.717) is 0 Å². The molecule has 0 heterocycles. The maximum Gasteiger partial charge on any atom is 0.251 e. The van der Waals surface area contributed by atoms with E-state index < -0.39 is 11.7 Å². The first kappa shape index (κ1) is 14.9. The standard InChI is InChI=1S/C13H18FN3O2/c1-13(2,3)17-11(18)7-16-12(19)8-4-9(14)6-10(15)5-8/h4-6H,7,15H2,1-3H3,(H,16,19)(H,17,18). The highest BCUT2D eigenvalue weighted by Gasteiger charge is 2.15. The molecule has 1 rings (SSSR count). The van der Waals surface area contributed by atoms with E-state index in [2.05, 4.69) is 10.6 Å². The minimum Gasteiger partial charge on any atom is -0.399 e. The predicted octanol–water partition coefficient (Wildman–Crippen LogP) is 1.05. The van der Waals surface area contributed by atoms with E-state index >= 15 is 0 Å². The van der Waals surface area contributed by atoms with E-state index in [1.54, 1.807) is 0 Å². The maximum atomic E-state index is 13.1. The minimum absolute atomic E-state index is 0.0843. The van der Waals surface area contributed by atoms with Crippen molar-refractivity contribution >= 4 is 17.5 Å². The van der Waals surface area contributed by atoms with Gasteiger partial charge in [-0.1, -0.05) is 0 Å². The summed E-state index contributed by atoms with van der Waals surface area (Å²) in [4.78, 5) is 23.2. The van der Waals surface area contributed by atoms with Crippen molar-refractivity contribution in [1.29, 1.82) is 0 Å². The van der Waals surface area contributed by atoms with Crippen LogP contribution in [0.4, 0.5) is 10.1 Å². The molecule has 0 bridgehead atoms. The molecule has 0 unspecified atom stereocenters. The lowest BCUT2D eigenvalue weighted by atomic mass is 10.1. The van der Waals surface area contributed by atoms with Crippen LogP contribution in [-0.4, -0.2) is 23.9 Å². The average molecular weight is 267 g/mol. The van der Waals surface area contributed by atoms with Crippen LogP contribution in [0.2, 0.25) is 0 Å². The Morgan fingerprint density at radius 3 is 2.42 bits per heavy atom. The van der Waals surface area contributed by atoms with Gasteiger partial charge in [0.15, 0.2) is 0 Å². The van der Waals surface area contributed by atoms with Crippen molar-refractivity contribution < 1.29 is 14.0 Å². The van der Waals surface area contributed by atoms with E-state index in [0.717, 1.165) is 12.1 Å². The topological polar surface area (TPSA) is 84.2 Å². The van der Waals surface area contributed by atoms with Crippen LogP contribution in [0, 0.1) is 5.82 Å². The lowest BCUT2D eigenvalue weighted by Crippen LogP contribution is -2.45. The number of rotatable bonds is 3. The third kappa shape index (κ3) is 5.37. The van der Waals surface area contributed by atoms with Gasteiger partial charge in [-0.3, -0.25) is 9.59 Å². The molecule has 4 N–H and O–H groups in total. The summed E-state index contributed by atoms with van der Waals surface area (Å²) in [5.74, 6) is -1.45. The fourth-order valence-electron chi connectivity index (χ4n) is 1.47. The van der Waals surface area contributed by atoms with Crippen LogP contribution in [0.25, 0.3) is 0 Å². The van der Waals surface area contributed by atoms with Crippen LogP contribution in [-0.2, 0) is 4.79 Å². The Hall–Kier alpha value is -2.11. The van der Waals surface area contributed by atoms with Gasteiger partial charge in [-0.25, -0.2) is 4.39 Å². The highest BCUT2D eigenvalue weighted by molar-refractivity contribution is 5.97. The number of nitrogens with one attached hydrogen (secondary N) is 2. The highest BCUT2D eigenvalue weighted by atomic mass is 19.1. The van der Waals surface area contributed by atoms with Crippen molar-refractivity contribution in [3.8, 4) is 0 Å². The zero-order valence-electron chi connectivity index (χ0n) is 11.2. The maximum absolute atomic E-state index is 13.1. The largest absolute Gasteiger partial charge is 0.399 e. The van der Waals surface area contributed by atoms with Crippen LogP contribution >= 0.6 is 0 Å². The summed E-state index contributed by atoms with van der Waals surface area (Å²) >= 11 is 0. The van der Waals surface area contributed by atoms with Gasteiger partial charge >= 0.3 is 0 Å². The number of carbonyl (C=O) groups is 2. The molecule has 0 radical (unpaired) electrons. The molecule has 104 valence electrons. The number of anilines is 1. The number of amides is 2. The molecule has 0 atom stereocenters. The van der Waals surface area contributed by atoms with Crippen molar-refractivity contribution in [3.63, 3.8) is 0 Å². The first-order valence-corrected chi connectivity index (χ1v) is 5.83. The van der Waals surface area contributed by atoms with Crippen LogP contribution in [0.15, 0.2) is 18.2 Å². The van der Waals surface area contributed by atoms with E-state index in [4.69, 9.17) is 5.73 Å². The molecule has 6 heteroatoms. The van der Waals surface area contributed by atoms with Gasteiger partial charge in [0.2, 0.25) is 5.91 Å². The normalized spacial score (nSPS) is 10.9. The molecule has 0 saturated carbocycles. The lowest BCUT2D eigenvalue weighted by molar-refractivity contribution is -0.121. The molecule has 0 aliphatic heterocycles. The number of nitrogen functional groups attached to an aromatic ring is 1. The van der Waals surface area contributed by atoms with Gasteiger partial charge in [0.1, 0.15) is 5.82 Å². The Morgan fingerprint density at radius 2 is 1.89 bits per heavy atom. The molecule has 2 amide bonds. The Labute approximate surface area is 111 Å². The van der Waals surface area contributed by atoms with Gasteiger partial charge in [0.25, 0.3) is 5.91 Å². The molecule has 0 fully saturated rings. The average Bonchev–Trinajstić information content (AvgIpc) is 2.22. The van der Waals surface area contributed by atoms with Gasteiger partial charge < -0.3 is 16.4 Å². The van der Waals surface area contributed by atoms with Crippen LogP contribution in [0.5, 0.6) is 0 Å². The molecule has 5 nitrogen and oxygen atoms in total. The number of benzene rings is 1. The molecule has 0 aliphatic carbocycles. The molecule has 0 saturated heterocycles. The molecule has 1 aromatic carbocycles. The molecular formula is C13H18FN3O2. The molecular weight excluding hydrogens is 249 g/mol. The number of nitrogens with two attached hydrogens (primary N) is 1. The zero-order valence-corrected chi connectivity index (χ0v) is 11.2. The van der Waals surface area contributed by atoms with Crippen molar-refractivity contribution in [2.75, 3.05) is 12.3 Å². The number of halogens is 1. The Balaban J connectivity index is 2.58. The van der Waals surface area contributed by atoms with Crippen LogP contribution in [0.1, 0.15) is 31.1 Å². The number of carbonyl (C=O) groups excluding carboxylic acids is 2. The third-order valence-electron chi connectivity index (χ3n) is 2.11. The summed E-state index contributed by atoms with van der Waals surface area (Å²) in [6.45, 7) is 5.33. The second kappa shape index (κ2) is 5.69. The fourth-order valence-corrected chi connectivity index (χ4v) is 1.47. The lowest BCUT2D eigenvalue weighted by Gasteiger charge is -2.20. The summed E-state index contributed by atoms with van der Waals surface area (Å²) in [6, 6.07) is 3.52. The summed E-state index contributed by atoms with van der Waals surface area (Å²) < 4.78 is 13.1. The van der Waals surface area contributed by atoms with Crippen molar-refractivity contribution in [2.24, 2.45) is 0 Å². The van der Waals surface area contributed by atoms with E-state index in [9.17, 15) is 14.0 Å². The SMILES string of the molecule is CC(C)(C)NC(=O)CNC(=O)c1cc(N)cc(F)c1. The van der Waals surface area contributed by atoms with Gasteiger partial charge in [0.05, 0.1) is 6.54 Å². The van der Waals surface area contributed by atoms with Crippen molar-refractivity contribution in [2.45, 2.75) is 26.3 Å². The number of hydrogen-bond acceptors (Lipinski definition) is 3. The minimum atomic E-state index is -0.593. The van der Waals surface area contributed by atoms with Crippen molar-refractivity contribution in [1.82, 2.24) is 10.6 Å². The quantitative estimate of drug-likeness (QED) is 0.716. The summed E-state index contributed by atoms with van der Waals surface area (Å²) in [7, 11) is 0. The first-order chi connectivity index (χ1) is 8.67. The highest BCUT2D eigenvalue weighted by Crippen LogP contribution is 2.10. The molecule has 19 heavy (non-hydrogen) atoms. The first-order valence-electron chi connectivity index (χ1n) is 5.83. The smallest absolute Gasteiger partial charge is 0.251 e. The summed E-state index contributed by atoms with van der Waals surface area (Å²) in [5, 5.41) is 5.10. The van der Waals surface area contributed by atoms with Crippen LogP contribution in [0.3, 0.4) is 0 Å². The molecule has 0 aromatic heterocycles. The Morgan fingerprint density at radius 1 is 1.26 bits per heavy atom. The molecule has 1 aromatic rings. The zero-order chi connectivity index (χ0) is 14.6. The third-order valence-corrected chi connectivity index (χ3v) is 2.11. The monoisotopic (exact) mass is 267 g/mol. The van der Waals surface area contributed by atoms with Gasteiger partial charge in [-0.05, 0) is 39.0 Å².